The third kappa shape index (κ3) is 3.43. The molecule has 1 N–H and O–H groups in total. The summed E-state index contributed by atoms with van der Waals surface area (Å²) in [5.74, 6) is 0. The maximum atomic E-state index is 3.43. The molecule has 1 heterocycles. The van der Waals surface area contributed by atoms with Gasteiger partial charge in [-0.15, -0.1) is 0 Å². The lowest BCUT2D eigenvalue weighted by Crippen LogP contribution is -2.31. The maximum absolute atomic E-state index is 3.43. The summed E-state index contributed by atoms with van der Waals surface area (Å²) in [5, 5.41) is 0.765. The van der Waals surface area contributed by atoms with Crippen LogP contribution in [0.15, 0.2) is 30.3 Å². The van der Waals surface area contributed by atoms with Crippen molar-refractivity contribution in [3.8, 4) is 0 Å². The van der Waals surface area contributed by atoms with Crippen molar-refractivity contribution in [1.82, 2.24) is 4.90 Å². The molecule has 15 heavy (non-hydrogen) atoms. The Morgan fingerprint density at radius 2 is 1.87 bits per heavy atom. The van der Waals surface area contributed by atoms with E-state index in [9.17, 15) is 0 Å². The fraction of sp³-hybridized carbons (Fsp3) is 0.500. The Balaban J connectivity index is 1.74. The smallest absolute Gasteiger partial charge is 0.0440 e. The van der Waals surface area contributed by atoms with Crippen LogP contribution >= 0.6 is 11.9 Å². The fourth-order valence-electron chi connectivity index (χ4n) is 1.76. The summed E-state index contributed by atoms with van der Waals surface area (Å²) in [6.45, 7) is 2.46. The Kier molecular flexibility index (Phi) is 3.92. The topological polar surface area (TPSA) is 15.3 Å². The number of piperidine rings is 1. The van der Waals surface area contributed by atoms with E-state index in [1.54, 1.807) is 0 Å². The van der Waals surface area contributed by atoms with Crippen LogP contribution in [0.25, 0.3) is 0 Å². The first kappa shape index (κ1) is 10.8. The SMILES string of the molecule is CN1CCC(SNc2ccccc2)CC1. The molecule has 0 unspecified atom stereocenters. The third-order valence-electron chi connectivity index (χ3n) is 2.78. The molecule has 0 aromatic heterocycles. The molecule has 3 heteroatoms. The summed E-state index contributed by atoms with van der Waals surface area (Å²) in [6, 6.07) is 10.4. The molecule has 0 spiro atoms. The Bertz CT molecular complexity index is 281. The van der Waals surface area contributed by atoms with Gasteiger partial charge in [0.05, 0.1) is 0 Å². The van der Waals surface area contributed by atoms with E-state index in [-0.39, 0.29) is 0 Å². The Hall–Kier alpha value is -0.670. The predicted molar refractivity (Wildman–Crippen MR) is 68.2 cm³/mol. The van der Waals surface area contributed by atoms with Gasteiger partial charge in [0.2, 0.25) is 0 Å². The Morgan fingerprint density at radius 3 is 2.53 bits per heavy atom. The maximum Gasteiger partial charge on any atom is 0.0440 e. The second-order valence-electron chi connectivity index (χ2n) is 4.09. The molecule has 0 amide bonds. The largest absolute Gasteiger partial charge is 0.330 e. The van der Waals surface area contributed by atoms with Crippen LogP contribution in [0.5, 0.6) is 0 Å². The van der Waals surface area contributed by atoms with Crippen LogP contribution in [0, 0.1) is 0 Å². The average molecular weight is 222 g/mol. The molecule has 1 saturated heterocycles. The fourth-order valence-corrected chi connectivity index (χ4v) is 2.65. The van der Waals surface area contributed by atoms with E-state index in [4.69, 9.17) is 0 Å². The van der Waals surface area contributed by atoms with E-state index >= 15 is 0 Å². The van der Waals surface area contributed by atoms with Gasteiger partial charge in [0.1, 0.15) is 0 Å². The number of rotatable bonds is 3. The summed E-state index contributed by atoms with van der Waals surface area (Å²) in [6.07, 6.45) is 2.59. The van der Waals surface area contributed by atoms with E-state index < -0.39 is 0 Å². The molecule has 0 radical (unpaired) electrons. The van der Waals surface area contributed by atoms with Crippen molar-refractivity contribution < 1.29 is 0 Å². The number of hydrogen-bond donors (Lipinski definition) is 1. The average Bonchev–Trinajstić information content (AvgIpc) is 2.30. The van der Waals surface area contributed by atoms with Crippen molar-refractivity contribution in [2.24, 2.45) is 0 Å². The van der Waals surface area contributed by atoms with Gasteiger partial charge in [-0.2, -0.15) is 0 Å². The highest BCUT2D eigenvalue weighted by Gasteiger charge is 2.16. The number of likely N-dealkylation sites (tertiary alicyclic amines) is 1. The normalized spacial score (nSPS) is 19.0. The lowest BCUT2D eigenvalue weighted by atomic mass is 10.1. The van der Waals surface area contributed by atoms with Crippen LogP contribution in [0.3, 0.4) is 0 Å². The molecule has 1 aliphatic heterocycles. The first-order valence-corrected chi connectivity index (χ1v) is 6.38. The number of nitrogens with one attached hydrogen (secondary N) is 1. The molecular formula is C12H18N2S. The molecule has 82 valence electrons. The van der Waals surface area contributed by atoms with Crippen LogP contribution in [0.2, 0.25) is 0 Å². The molecule has 1 aliphatic rings. The van der Waals surface area contributed by atoms with Crippen molar-refractivity contribution in [2.75, 3.05) is 24.9 Å². The highest BCUT2D eigenvalue weighted by Crippen LogP contribution is 2.24. The van der Waals surface area contributed by atoms with Gasteiger partial charge in [0, 0.05) is 10.9 Å². The number of anilines is 1. The monoisotopic (exact) mass is 222 g/mol. The number of para-hydroxylation sites is 1. The molecule has 1 aromatic carbocycles. The number of nitrogens with zero attached hydrogens (tertiary/aromatic N) is 1. The van der Waals surface area contributed by atoms with Crippen LogP contribution in [-0.4, -0.2) is 30.3 Å². The summed E-state index contributed by atoms with van der Waals surface area (Å²) in [4.78, 5) is 2.40. The van der Waals surface area contributed by atoms with Gasteiger partial charge in [0.25, 0.3) is 0 Å². The van der Waals surface area contributed by atoms with E-state index in [2.05, 4.69) is 40.9 Å². The van der Waals surface area contributed by atoms with Gasteiger partial charge < -0.3 is 9.62 Å². The molecular weight excluding hydrogens is 204 g/mol. The molecule has 2 rings (SSSR count). The number of benzene rings is 1. The van der Waals surface area contributed by atoms with Crippen LogP contribution < -0.4 is 4.72 Å². The zero-order valence-electron chi connectivity index (χ0n) is 9.15. The summed E-state index contributed by atoms with van der Waals surface area (Å²) >= 11 is 1.88. The predicted octanol–water partition coefficient (Wildman–Crippen LogP) is 2.84. The van der Waals surface area contributed by atoms with Gasteiger partial charge in [0.15, 0.2) is 0 Å². The van der Waals surface area contributed by atoms with Crippen molar-refractivity contribution in [2.45, 2.75) is 18.1 Å². The minimum atomic E-state index is 0.765. The van der Waals surface area contributed by atoms with Crippen molar-refractivity contribution in [3.05, 3.63) is 30.3 Å². The van der Waals surface area contributed by atoms with E-state index in [0.29, 0.717) is 0 Å². The van der Waals surface area contributed by atoms with Gasteiger partial charge in [-0.1, -0.05) is 18.2 Å². The minimum absolute atomic E-state index is 0.765. The van der Waals surface area contributed by atoms with Crippen LogP contribution in [-0.2, 0) is 0 Å². The van der Waals surface area contributed by atoms with Gasteiger partial charge in [-0.3, -0.25) is 0 Å². The summed E-state index contributed by atoms with van der Waals surface area (Å²) in [7, 11) is 2.20. The van der Waals surface area contributed by atoms with Gasteiger partial charge >= 0.3 is 0 Å². The lowest BCUT2D eigenvalue weighted by molar-refractivity contribution is 0.282. The summed E-state index contributed by atoms with van der Waals surface area (Å²) in [5.41, 5.74) is 1.21. The third-order valence-corrected chi connectivity index (χ3v) is 3.94. The second-order valence-corrected chi connectivity index (χ2v) is 5.20. The minimum Gasteiger partial charge on any atom is -0.330 e. The van der Waals surface area contributed by atoms with Gasteiger partial charge in [-0.25, -0.2) is 0 Å². The zero-order chi connectivity index (χ0) is 10.5. The van der Waals surface area contributed by atoms with Crippen LogP contribution in [0.1, 0.15) is 12.8 Å². The molecule has 0 bridgehead atoms. The number of hydrogen-bond acceptors (Lipinski definition) is 3. The van der Waals surface area contributed by atoms with E-state index in [1.807, 2.05) is 18.0 Å². The Labute approximate surface area is 96.2 Å². The Morgan fingerprint density at radius 1 is 1.20 bits per heavy atom. The van der Waals surface area contributed by atoms with Crippen LogP contribution in [0.4, 0.5) is 5.69 Å². The van der Waals surface area contributed by atoms with E-state index in [0.717, 1.165) is 5.25 Å². The van der Waals surface area contributed by atoms with Crippen molar-refractivity contribution in [3.63, 3.8) is 0 Å². The zero-order valence-corrected chi connectivity index (χ0v) is 9.96. The molecule has 2 nitrogen and oxygen atoms in total. The standard InChI is InChI=1S/C12H18N2S/c1-14-9-7-12(8-10-14)15-13-11-5-3-2-4-6-11/h2-6,12-13H,7-10H2,1H3. The first-order valence-electron chi connectivity index (χ1n) is 5.50. The second kappa shape index (κ2) is 5.42. The molecule has 1 fully saturated rings. The highest BCUT2D eigenvalue weighted by molar-refractivity contribution is 8.01. The highest BCUT2D eigenvalue weighted by atomic mass is 32.2. The molecule has 1 aromatic rings. The molecule has 0 saturated carbocycles. The van der Waals surface area contributed by atoms with Gasteiger partial charge in [-0.05, 0) is 57.1 Å². The summed E-state index contributed by atoms with van der Waals surface area (Å²) < 4.78 is 3.43. The van der Waals surface area contributed by atoms with E-state index in [1.165, 1.54) is 31.6 Å². The molecule has 0 aliphatic carbocycles. The molecule has 0 atom stereocenters. The van der Waals surface area contributed by atoms with Crippen molar-refractivity contribution >= 4 is 17.6 Å². The lowest BCUT2D eigenvalue weighted by Gasteiger charge is -2.28. The first-order chi connectivity index (χ1) is 7.34. The van der Waals surface area contributed by atoms with Crippen molar-refractivity contribution in [1.29, 1.82) is 0 Å². The quantitative estimate of drug-likeness (QED) is 0.792.